The molecule has 23 heavy (non-hydrogen) atoms. The second-order valence-electron chi connectivity index (χ2n) is 4.83. The average Bonchev–Trinajstić information content (AvgIpc) is 2.46. The Morgan fingerprint density at radius 3 is 2.00 bits per heavy atom. The quantitative estimate of drug-likeness (QED) is 0.797. The number of hydrogen-bond acceptors (Lipinski definition) is 5. The largest absolute Gasteiger partial charge is 0.465 e. The second-order valence-corrected chi connectivity index (χ2v) is 4.83. The van der Waals surface area contributed by atoms with E-state index in [0.717, 1.165) is 19.8 Å². The molecule has 1 heterocycles. The summed E-state index contributed by atoms with van der Waals surface area (Å²) in [6.45, 7) is 1.70. The Morgan fingerprint density at radius 2 is 1.57 bits per heavy atom. The standard InChI is InChI=1S/C15H13F3O5/c1-8-4-6-9(7-5-8)14(15(16,17)18)10(12(19)21-2)11(23-14)13(20)22-3/h4-7H,1-3H3. The molecule has 2 rings (SSSR count). The van der Waals surface area contributed by atoms with Gasteiger partial charge in [-0.25, -0.2) is 9.59 Å². The van der Waals surface area contributed by atoms with Crippen molar-refractivity contribution in [3.05, 3.63) is 46.7 Å². The summed E-state index contributed by atoms with van der Waals surface area (Å²) in [6, 6.07) is 5.24. The smallest absolute Gasteiger partial charge is 0.437 e. The molecule has 124 valence electrons. The SMILES string of the molecule is COC(=O)C1=C(C(=O)OC)C(c2ccc(C)cc2)(C(F)(F)F)O1. The predicted molar refractivity (Wildman–Crippen MR) is 71.1 cm³/mol. The highest BCUT2D eigenvalue weighted by molar-refractivity contribution is 6.03. The zero-order valence-electron chi connectivity index (χ0n) is 12.5. The van der Waals surface area contributed by atoms with E-state index >= 15 is 0 Å². The number of hydrogen-bond donors (Lipinski definition) is 0. The highest BCUT2D eigenvalue weighted by Crippen LogP contribution is 2.56. The van der Waals surface area contributed by atoms with Crippen LogP contribution < -0.4 is 0 Å². The number of aryl methyl sites for hydroxylation is 1. The van der Waals surface area contributed by atoms with Crippen molar-refractivity contribution < 1.29 is 37.0 Å². The first-order chi connectivity index (χ1) is 10.7. The molecule has 0 saturated heterocycles. The minimum atomic E-state index is -4.98. The molecule has 1 unspecified atom stereocenters. The lowest BCUT2D eigenvalue weighted by molar-refractivity contribution is -0.278. The predicted octanol–water partition coefficient (Wildman–Crippen LogP) is 2.38. The van der Waals surface area contributed by atoms with Crippen LogP contribution in [-0.4, -0.2) is 32.3 Å². The molecule has 0 aliphatic carbocycles. The number of methoxy groups -OCH3 is 2. The van der Waals surface area contributed by atoms with E-state index in [0.29, 0.717) is 0 Å². The van der Waals surface area contributed by atoms with Crippen LogP contribution in [0.25, 0.3) is 0 Å². The van der Waals surface area contributed by atoms with Crippen LogP contribution in [0.15, 0.2) is 35.6 Å². The van der Waals surface area contributed by atoms with Crippen molar-refractivity contribution in [1.29, 1.82) is 0 Å². The number of rotatable bonds is 3. The van der Waals surface area contributed by atoms with Crippen molar-refractivity contribution in [1.82, 2.24) is 0 Å². The first-order valence-corrected chi connectivity index (χ1v) is 6.43. The summed E-state index contributed by atoms with van der Waals surface area (Å²) < 4.78 is 54.6. The summed E-state index contributed by atoms with van der Waals surface area (Å²) in [6.07, 6.45) is -4.98. The van der Waals surface area contributed by atoms with E-state index in [-0.39, 0.29) is 5.56 Å². The summed E-state index contributed by atoms with van der Waals surface area (Å²) >= 11 is 0. The molecular formula is C15H13F3O5. The van der Waals surface area contributed by atoms with Gasteiger partial charge in [0.15, 0.2) is 0 Å². The van der Waals surface area contributed by atoms with Crippen LogP contribution in [0.5, 0.6) is 0 Å². The summed E-state index contributed by atoms with van der Waals surface area (Å²) in [5, 5.41) is 0. The van der Waals surface area contributed by atoms with Crippen molar-refractivity contribution in [2.24, 2.45) is 0 Å². The van der Waals surface area contributed by atoms with E-state index in [1.54, 1.807) is 6.92 Å². The number of benzene rings is 1. The van der Waals surface area contributed by atoms with E-state index in [1.807, 2.05) is 0 Å². The number of alkyl halides is 3. The van der Waals surface area contributed by atoms with Crippen LogP contribution in [-0.2, 0) is 29.4 Å². The van der Waals surface area contributed by atoms with Gasteiger partial charge in [-0.2, -0.15) is 13.2 Å². The molecule has 0 aromatic heterocycles. The van der Waals surface area contributed by atoms with Crippen molar-refractivity contribution in [2.45, 2.75) is 18.7 Å². The van der Waals surface area contributed by atoms with Gasteiger partial charge in [-0.3, -0.25) is 0 Å². The van der Waals surface area contributed by atoms with Crippen LogP contribution in [0.1, 0.15) is 11.1 Å². The van der Waals surface area contributed by atoms with Gasteiger partial charge in [0, 0.05) is 5.56 Å². The first-order valence-electron chi connectivity index (χ1n) is 6.43. The van der Waals surface area contributed by atoms with Gasteiger partial charge in [0.2, 0.25) is 5.76 Å². The van der Waals surface area contributed by atoms with Crippen LogP contribution in [0.2, 0.25) is 0 Å². The number of esters is 2. The Morgan fingerprint density at radius 1 is 1.04 bits per heavy atom. The van der Waals surface area contributed by atoms with Gasteiger partial charge in [0.05, 0.1) is 14.2 Å². The molecule has 1 aliphatic rings. The van der Waals surface area contributed by atoms with Gasteiger partial charge in [-0.1, -0.05) is 29.8 Å². The third-order valence-electron chi connectivity index (χ3n) is 3.45. The summed E-state index contributed by atoms with van der Waals surface area (Å²) in [7, 11) is 1.88. The minimum Gasteiger partial charge on any atom is -0.465 e. The lowest BCUT2D eigenvalue weighted by Gasteiger charge is -2.44. The molecule has 1 aromatic rings. The third kappa shape index (κ3) is 2.43. The number of halogens is 3. The van der Waals surface area contributed by atoms with Crippen molar-refractivity contribution >= 4 is 11.9 Å². The molecule has 5 nitrogen and oxygen atoms in total. The normalized spacial score (nSPS) is 20.4. The lowest BCUT2D eigenvalue weighted by Crippen LogP contribution is -2.56. The third-order valence-corrected chi connectivity index (χ3v) is 3.45. The molecule has 1 aromatic carbocycles. The van der Waals surface area contributed by atoms with E-state index in [1.165, 1.54) is 24.3 Å². The molecule has 0 bridgehead atoms. The summed E-state index contributed by atoms with van der Waals surface area (Å²) in [5.41, 5.74) is -3.59. The van der Waals surface area contributed by atoms with Gasteiger partial charge >= 0.3 is 18.1 Å². The molecule has 0 radical (unpaired) electrons. The zero-order valence-corrected chi connectivity index (χ0v) is 12.5. The minimum absolute atomic E-state index is 0.330. The zero-order chi connectivity index (χ0) is 17.4. The van der Waals surface area contributed by atoms with E-state index in [9.17, 15) is 22.8 Å². The van der Waals surface area contributed by atoms with E-state index in [2.05, 4.69) is 9.47 Å². The van der Waals surface area contributed by atoms with Gasteiger partial charge in [0.1, 0.15) is 5.57 Å². The summed E-state index contributed by atoms with van der Waals surface area (Å²) in [5.74, 6) is -3.30. The lowest BCUT2D eigenvalue weighted by atomic mass is 9.79. The maximum Gasteiger partial charge on any atom is 0.437 e. The van der Waals surface area contributed by atoms with Crippen LogP contribution in [0.4, 0.5) is 13.2 Å². The molecular weight excluding hydrogens is 317 g/mol. The van der Waals surface area contributed by atoms with Crippen molar-refractivity contribution in [3.63, 3.8) is 0 Å². The average molecular weight is 330 g/mol. The molecule has 1 aliphatic heterocycles. The topological polar surface area (TPSA) is 61.8 Å². The summed E-state index contributed by atoms with van der Waals surface area (Å²) in [4.78, 5) is 23.4. The van der Waals surface area contributed by atoms with E-state index < -0.39 is 35.0 Å². The molecule has 0 saturated carbocycles. The molecule has 0 spiro atoms. The maximum absolute atomic E-state index is 13.7. The van der Waals surface area contributed by atoms with Gasteiger partial charge in [-0.05, 0) is 6.92 Å². The number of carbonyl (C=O) groups excluding carboxylic acids is 2. The van der Waals surface area contributed by atoms with Gasteiger partial charge in [-0.15, -0.1) is 0 Å². The van der Waals surface area contributed by atoms with Gasteiger partial charge in [0.25, 0.3) is 5.60 Å². The van der Waals surface area contributed by atoms with Crippen LogP contribution in [0, 0.1) is 6.92 Å². The highest BCUT2D eigenvalue weighted by atomic mass is 19.4. The Labute approximate surface area is 129 Å². The molecule has 0 fully saturated rings. The second kappa shape index (κ2) is 5.60. The Hall–Kier alpha value is -2.51. The van der Waals surface area contributed by atoms with Crippen molar-refractivity contribution in [2.75, 3.05) is 14.2 Å². The fraction of sp³-hybridized carbons (Fsp3) is 0.333. The first kappa shape index (κ1) is 16.9. The number of carbonyl (C=O) groups is 2. The highest BCUT2D eigenvalue weighted by Gasteiger charge is 2.71. The fourth-order valence-corrected chi connectivity index (χ4v) is 2.30. The Bertz CT molecular complexity index is 675. The van der Waals surface area contributed by atoms with Gasteiger partial charge < -0.3 is 14.2 Å². The maximum atomic E-state index is 13.7. The van der Waals surface area contributed by atoms with Crippen LogP contribution in [0.3, 0.4) is 0 Å². The Balaban J connectivity index is 2.70. The molecule has 0 amide bonds. The molecule has 1 atom stereocenters. The Kier molecular flexibility index (Phi) is 4.10. The van der Waals surface area contributed by atoms with Crippen LogP contribution >= 0.6 is 0 Å². The monoisotopic (exact) mass is 330 g/mol. The number of ether oxygens (including phenoxy) is 3. The fourth-order valence-electron chi connectivity index (χ4n) is 2.30. The molecule has 0 N–H and O–H groups in total. The molecule has 8 heteroatoms. The van der Waals surface area contributed by atoms with Crippen molar-refractivity contribution in [3.8, 4) is 0 Å². The van der Waals surface area contributed by atoms with E-state index in [4.69, 9.17) is 4.74 Å².